The van der Waals surface area contributed by atoms with E-state index in [1.54, 1.807) is 4.90 Å². The number of nitrogens with two attached hydrogens (primary N) is 1. The molecule has 0 bridgehead atoms. The van der Waals surface area contributed by atoms with E-state index in [0.29, 0.717) is 32.6 Å². The number of halogens is 3. The highest BCUT2D eigenvalue weighted by molar-refractivity contribution is 5.85. The van der Waals surface area contributed by atoms with Crippen molar-refractivity contribution < 1.29 is 18.4 Å². The first-order chi connectivity index (χ1) is 11.0. The number of hydrogen-bond donors (Lipinski definition) is 2. The minimum absolute atomic E-state index is 0. The van der Waals surface area contributed by atoms with E-state index in [2.05, 4.69) is 5.32 Å². The van der Waals surface area contributed by atoms with E-state index in [-0.39, 0.29) is 42.1 Å². The van der Waals surface area contributed by atoms with E-state index in [9.17, 15) is 18.4 Å². The third-order valence-corrected chi connectivity index (χ3v) is 3.95. The van der Waals surface area contributed by atoms with Crippen LogP contribution >= 0.6 is 12.4 Å². The number of nitrogens with zero attached hydrogens (tertiary/aromatic N) is 1. The SMILES string of the molecule is Cl.NCCNC(=O)C1CCCN(C(=O)Cc2ccc(F)cc2F)C1. The first-order valence-corrected chi connectivity index (χ1v) is 7.70. The fourth-order valence-corrected chi connectivity index (χ4v) is 2.70. The lowest BCUT2D eigenvalue weighted by Gasteiger charge is -2.32. The Hall–Kier alpha value is -1.73. The van der Waals surface area contributed by atoms with E-state index >= 15 is 0 Å². The van der Waals surface area contributed by atoms with Gasteiger partial charge in [-0.2, -0.15) is 0 Å². The lowest BCUT2D eigenvalue weighted by atomic mass is 9.96. The summed E-state index contributed by atoms with van der Waals surface area (Å²) in [6.07, 6.45) is 1.30. The molecule has 3 N–H and O–H groups in total. The van der Waals surface area contributed by atoms with Crippen LogP contribution in [0.15, 0.2) is 18.2 Å². The molecule has 1 atom stereocenters. The van der Waals surface area contributed by atoms with Gasteiger partial charge in [0, 0.05) is 32.2 Å². The van der Waals surface area contributed by atoms with Gasteiger partial charge in [0.15, 0.2) is 0 Å². The van der Waals surface area contributed by atoms with Crippen LogP contribution in [0.1, 0.15) is 18.4 Å². The first kappa shape index (κ1) is 20.3. The highest BCUT2D eigenvalue weighted by Gasteiger charge is 2.28. The molecular formula is C16H22ClF2N3O2. The lowest BCUT2D eigenvalue weighted by Crippen LogP contribution is -2.46. The van der Waals surface area contributed by atoms with Crippen molar-refractivity contribution in [1.82, 2.24) is 10.2 Å². The molecule has 1 fully saturated rings. The summed E-state index contributed by atoms with van der Waals surface area (Å²) in [5.74, 6) is -2.04. The second-order valence-corrected chi connectivity index (χ2v) is 5.67. The van der Waals surface area contributed by atoms with Crippen molar-refractivity contribution in [1.29, 1.82) is 0 Å². The van der Waals surface area contributed by atoms with Crippen molar-refractivity contribution >= 4 is 24.2 Å². The number of carbonyl (C=O) groups excluding carboxylic acids is 2. The zero-order chi connectivity index (χ0) is 16.8. The number of hydrogen-bond acceptors (Lipinski definition) is 3. The number of benzene rings is 1. The molecule has 1 unspecified atom stereocenters. The fourth-order valence-electron chi connectivity index (χ4n) is 2.70. The summed E-state index contributed by atoms with van der Waals surface area (Å²) in [7, 11) is 0. The fraction of sp³-hybridized carbons (Fsp3) is 0.500. The zero-order valence-electron chi connectivity index (χ0n) is 13.3. The first-order valence-electron chi connectivity index (χ1n) is 7.70. The summed E-state index contributed by atoms with van der Waals surface area (Å²) in [6.45, 7) is 1.63. The zero-order valence-corrected chi connectivity index (χ0v) is 14.1. The van der Waals surface area contributed by atoms with E-state index in [0.717, 1.165) is 18.6 Å². The minimum atomic E-state index is -0.729. The third-order valence-electron chi connectivity index (χ3n) is 3.95. The van der Waals surface area contributed by atoms with Crippen molar-refractivity contribution in [3.63, 3.8) is 0 Å². The highest BCUT2D eigenvalue weighted by Crippen LogP contribution is 2.18. The van der Waals surface area contributed by atoms with Crippen molar-refractivity contribution in [2.45, 2.75) is 19.3 Å². The quantitative estimate of drug-likeness (QED) is 0.828. The van der Waals surface area contributed by atoms with Gasteiger partial charge in [0.25, 0.3) is 0 Å². The maximum Gasteiger partial charge on any atom is 0.227 e. The van der Waals surface area contributed by atoms with Gasteiger partial charge in [0.2, 0.25) is 11.8 Å². The molecule has 2 rings (SSSR count). The Labute approximate surface area is 146 Å². The molecule has 5 nitrogen and oxygen atoms in total. The summed E-state index contributed by atoms with van der Waals surface area (Å²) >= 11 is 0. The van der Waals surface area contributed by atoms with E-state index in [1.807, 2.05) is 0 Å². The molecule has 2 amide bonds. The second kappa shape index (κ2) is 9.54. The average molecular weight is 362 g/mol. The van der Waals surface area contributed by atoms with Gasteiger partial charge in [-0.3, -0.25) is 9.59 Å². The molecule has 24 heavy (non-hydrogen) atoms. The van der Waals surface area contributed by atoms with Gasteiger partial charge < -0.3 is 16.0 Å². The monoisotopic (exact) mass is 361 g/mol. The normalized spacial score (nSPS) is 17.1. The Balaban J connectivity index is 0.00000288. The van der Waals surface area contributed by atoms with Crippen molar-refractivity contribution in [3.8, 4) is 0 Å². The Morgan fingerprint density at radius 3 is 2.75 bits per heavy atom. The molecule has 0 aromatic heterocycles. The summed E-state index contributed by atoms with van der Waals surface area (Å²) in [4.78, 5) is 25.8. The van der Waals surface area contributed by atoms with Crippen molar-refractivity contribution in [3.05, 3.63) is 35.4 Å². The maximum atomic E-state index is 13.6. The van der Waals surface area contributed by atoms with Crippen LogP contribution in [0.2, 0.25) is 0 Å². The Morgan fingerprint density at radius 1 is 1.33 bits per heavy atom. The minimum Gasteiger partial charge on any atom is -0.355 e. The van der Waals surface area contributed by atoms with Crippen molar-refractivity contribution in [2.75, 3.05) is 26.2 Å². The molecule has 0 saturated carbocycles. The lowest BCUT2D eigenvalue weighted by molar-refractivity contribution is -0.135. The van der Waals surface area contributed by atoms with Crippen molar-refractivity contribution in [2.24, 2.45) is 11.7 Å². The van der Waals surface area contributed by atoms with Gasteiger partial charge in [-0.05, 0) is 24.5 Å². The van der Waals surface area contributed by atoms with E-state index in [1.165, 1.54) is 6.07 Å². The summed E-state index contributed by atoms with van der Waals surface area (Å²) in [5.41, 5.74) is 5.51. The Morgan fingerprint density at radius 2 is 2.08 bits per heavy atom. The standard InChI is InChI=1S/C16H21F2N3O2.ClH/c17-13-4-3-11(14(18)9-13)8-15(22)21-7-1-2-12(10-21)16(23)20-6-5-19;/h3-4,9,12H,1-2,5-8,10,19H2,(H,20,23);1H. The summed E-state index contributed by atoms with van der Waals surface area (Å²) < 4.78 is 26.5. The number of amides is 2. The predicted octanol–water partition coefficient (Wildman–Crippen LogP) is 1.24. The summed E-state index contributed by atoms with van der Waals surface area (Å²) in [5, 5.41) is 2.72. The van der Waals surface area contributed by atoms with Crippen LogP contribution in [0.25, 0.3) is 0 Å². The molecule has 1 heterocycles. The van der Waals surface area contributed by atoms with Gasteiger partial charge in [-0.15, -0.1) is 12.4 Å². The molecule has 134 valence electrons. The maximum absolute atomic E-state index is 13.6. The van der Waals surface area contributed by atoms with Crippen LogP contribution in [0.3, 0.4) is 0 Å². The molecule has 1 saturated heterocycles. The topological polar surface area (TPSA) is 75.4 Å². The van der Waals surface area contributed by atoms with Crippen LogP contribution in [0.5, 0.6) is 0 Å². The Bertz CT molecular complexity index is 586. The number of piperidine rings is 1. The van der Waals surface area contributed by atoms with Crippen LogP contribution in [0.4, 0.5) is 8.78 Å². The van der Waals surface area contributed by atoms with E-state index < -0.39 is 11.6 Å². The van der Waals surface area contributed by atoms with Gasteiger partial charge >= 0.3 is 0 Å². The molecule has 1 aliphatic heterocycles. The number of carbonyl (C=O) groups is 2. The Kier molecular flexibility index (Phi) is 8.07. The third kappa shape index (κ3) is 5.42. The number of nitrogens with one attached hydrogen (secondary N) is 1. The van der Waals surface area contributed by atoms with Gasteiger partial charge in [0.1, 0.15) is 11.6 Å². The van der Waals surface area contributed by atoms with Crippen LogP contribution in [-0.2, 0) is 16.0 Å². The molecule has 1 aromatic rings. The van der Waals surface area contributed by atoms with Gasteiger partial charge in [-0.25, -0.2) is 8.78 Å². The van der Waals surface area contributed by atoms with Crippen LogP contribution < -0.4 is 11.1 Å². The van der Waals surface area contributed by atoms with Gasteiger partial charge in [0.05, 0.1) is 12.3 Å². The van der Waals surface area contributed by atoms with Crippen LogP contribution in [-0.4, -0.2) is 42.9 Å². The summed E-state index contributed by atoms with van der Waals surface area (Å²) in [6, 6.07) is 3.17. The second-order valence-electron chi connectivity index (χ2n) is 5.67. The average Bonchev–Trinajstić information content (AvgIpc) is 2.55. The smallest absolute Gasteiger partial charge is 0.227 e. The molecule has 8 heteroatoms. The molecule has 1 aromatic carbocycles. The van der Waals surface area contributed by atoms with Gasteiger partial charge in [-0.1, -0.05) is 6.07 Å². The molecule has 0 radical (unpaired) electrons. The largest absolute Gasteiger partial charge is 0.355 e. The van der Waals surface area contributed by atoms with E-state index in [4.69, 9.17) is 5.73 Å². The highest BCUT2D eigenvalue weighted by atomic mass is 35.5. The molecule has 0 spiro atoms. The molecule has 0 aliphatic carbocycles. The van der Waals surface area contributed by atoms with Crippen LogP contribution in [0, 0.1) is 17.6 Å². The number of rotatable bonds is 5. The number of likely N-dealkylation sites (tertiary alicyclic amines) is 1. The molecule has 1 aliphatic rings. The predicted molar refractivity (Wildman–Crippen MR) is 88.7 cm³/mol. The molecular weight excluding hydrogens is 340 g/mol.